The second-order valence-electron chi connectivity index (χ2n) is 4.07. The van der Waals surface area contributed by atoms with Crippen LogP contribution in [-0.4, -0.2) is 32.3 Å². The number of rotatable bonds is 5. The van der Waals surface area contributed by atoms with Crippen LogP contribution in [0.1, 0.15) is 5.56 Å². The van der Waals surface area contributed by atoms with Gasteiger partial charge in [0.15, 0.2) is 0 Å². The molecule has 0 atom stereocenters. The minimum Gasteiger partial charge on any atom is -0.495 e. The van der Waals surface area contributed by atoms with Crippen LogP contribution in [0.25, 0.3) is 0 Å². The lowest BCUT2D eigenvalue weighted by Gasteiger charge is -2.13. The quantitative estimate of drug-likeness (QED) is 0.879. The summed E-state index contributed by atoms with van der Waals surface area (Å²) in [6, 6.07) is 3.11. The summed E-state index contributed by atoms with van der Waals surface area (Å²) in [5.41, 5.74) is 1.07. The largest absolute Gasteiger partial charge is 0.495 e. The smallest absolute Gasteiger partial charge is 0.401 e. The van der Waals surface area contributed by atoms with Gasteiger partial charge in [-0.15, -0.1) is 0 Å². The molecule has 1 amide bonds. The highest BCUT2D eigenvalue weighted by atomic mass is 35.5. The molecule has 0 aliphatic carbocycles. The van der Waals surface area contributed by atoms with Gasteiger partial charge in [-0.2, -0.15) is 13.2 Å². The van der Waals surface area contributed by atoms with Gasteiger partial charge in [0, 0.05) is 11.1 Å². The van der Waals surface area contributed by atoms with Gasteiger partial charge < -0.3 is 15.4 Å². The van der Waals surface area contributed by atoms with E-state index in [1.165, 1.54) is 13.2 Å². The highest BCUT2D eigenvalue weighted by Crippen LogP contribution is 2.30. The predicted molar refractivity (Wildman–Crippen MR) is 70.3 cm³/mol. The zero-order valence-corrected chi connectivity index (χ0v) is 11.7. The van der Waals surface area contributed by atoms with Crippen LogP contribution in [0.2, 0.25) is 5.02 Å². The third-order valence-corrected chi connectivity index (χ3v) is 2.77. The van der Waals surface area contributed by atoms with Crippen molar-refractivity contribution in [2.45, 2.75) is 13.1 Å². The Kier molecular flexibility index (Phi) is 5.64. The first-order valence-corrected chi connectivity index (χ1v) is 6.02. The molecule has 0 radical (unpaired) electrons. The molecular formula is C12H14ClF3N2O2. The number of anilines is 1. The second kappa shape index (κ2) is 6.81. The van der Waals surface area contributed by atoms with Crippen molar-refractivity contribution in [2.24, 2.45) is 0 Å². The number of halogens is 4. The molecule has 0 spiro atoms. The van der Waals surface area contributed by atoms with Crippen molar-refractivity contribution in [3.8, 4) is 5.75 Å². The van der Waals surface area contributed by atoms with Crippen molar-refractivity contribution < 1.29 is 22.7 Å². The Morgan fingerprint density at radius 2 is 2.05 bits per heavy atom. The highest BCUT2D eigenvalue weighted by molar-refractivity contribution is 6.31. The molecule has 0 heterocycles. The van der Waals surface area contributed by atoms with E-state index < -0.39 is 25.2 Å². The molecule has 0 bridgehead atoms. The molecule has 8 heteroatoms. The predicted octanol–water partition coefficient (Wildman–Crippen LogP) is 2.75. The Morgan fingerprint density at radius 1 is 1.40 bits per heavy atom. The number of benzene rings is 1. The summed E-state index contributed by atoms with van der Waals surface area (Å²) >= 11 is 5.90. The fourth-order valence-electron chi connectivity index (χ4n) is 1.44. The fraction of sp³-hybridized carbons (Fsp3) is 0.417. The molecule has 20 heavy (non-hydrogen) atoms. The van der Waals surface area contributed by atoms with Crippen LogP contribution < -0.4 is 15.4 Å². The molecule has 1 rings (SSSR count). The zero-order chi connectivity index (χ0) is 15.3. The van der Waals surface area contributed by atoms with Crippen molar-refractivity contribution in [1.82, 2.24) is 5.32 Å². The van der Waals surface area contributed by atoms with E-state index in [2.05, 4.69) is 5.32 Å². The molecule has 0 unspecified atom stereocenters. The van der Waals surface area contributed by atoms with Gasteiger partial charge >= 0.3 is 6.18 Å². The minimum absolute atomic E-state index is 0.338. The Bertz CT molecular complexity index is 492. The first-order chi connectivity index (χ1) is 9.23. The lowest BCUT2D eigenvalue weighted by molar-refractivity contribution is -0.126. The molecule has 0 saturated heterocycles. The van der Waals surface area contributed by atoms with Gasteiger partial charge in [-0.1, -0.05) is 11.6 Å². The fourth-order valence-corrected chi connectivity index (χ4v) is 1.60. The number of alkyl halides is 3. The van der Waals surface area contributed by atoms with Crippen molar-refractivity contribution in [3.63, 3.8) is 0 Å². The molecule has 0 aromatic heterocycles. The van der Waals surface area contributed by atoms with Crippen molar-refractivity contribution in [1.29, 1.82) is 0 Å². The van der Waals surface area contributed by atoms with E-state index in [1.54, 1.807) is 13.0 Å². The maximum atomic E-state index is 11.9. The van der Waals surface area contributed by atoms with Gasteiger partial charge in [0.25, 0.3) is 0 Å². The van der Waals surface area contributed by atoms with Gasteiger partial charge in [0.05, 0.1) is 25.9 Å². The number of hydrogen-bond donors (Lipinski definition) is 2. The van der Waals surface area contributed by atoms with Gasteiger partial charge in [-0.25, -0.2) is 0 Å². The Balaban J connectivity index is 2.64. The number of ether oxygens (including phenoxy) is 1. The van der Waals surface area contributed by atoms with Crippen LogP contribution in [0.3, 0.4) is 0 Å². The van der Waals surface area contributed by atoms with E-state index in [4.69, 9.17) is 16.3 Å². The van der Waals surface area contributed by atoms with E-state index in [9.17, 15) is 18.0 Å². The van der Waals surface area contributed by atoms with Crippen LogP contribution in [-0.2, 0) is 4.79 Å². The second-order valence-corrected chi connectivity index (χ2v) is 4.48. The number of carbonyl (C=O) groups is 1. The first kappa shape index (κ1) is 16.6. The number of methoxy groups -OCH3 is 1. The average Bonchev–Trinajstić information content (AvgIpc) is 2.31. The summed E-state index contributed by atoms with van der Waals surface area (Å²) in [7, 11) is 1.40. The Morgan fingerprint density at radius 3 is 2.60 bits per heavy atom. The van der Waals surface area contributed by atoms with Crippen LogP contribution in [0, 0.1) is 6.92 Å². The van der Waals surface area contributed by atoms with E-state index in [-0.39, 0.29) is 0 Å². The molecular weight excluding hydrogens is 297 g/mol. The molecule has 1 aromatic carbocycles. The summed E-state index contributed by atoms with van der Waals surface area (Å²) < 4.78 is 40.8. The SMILES string of the molecule is COc1cc(Cl)c(C)cc1NC(=O)CNCC(F)(F)F. The number of amides is 1. The normalized spacial score (nSPS) is 11.3. The lowest BCUT2D eigenvalue weighted by Crippen LogP contribution is -2.35. The Labute approximate surface area is 119 Å². The zero-order valence-electron chi connectivity index (χ0n) is 10.9. The lowest BCUT2D eigenvalue weighted by atomic mass is 10.2. The number of carbonyl (C=O) groups excluding carboxylic acids is 1. The van der Waals surface area contributed by atoms with Crippen LogP contribution in [0.15, 0.2) is 12.1 Å². The summed E-state index contributed by atoms with van der Waals surface area (Å²) in [6.07, 6.45) is -4.35. The van der Waals surface area contributed by atoms with Crippen molar-refractivity contribution in [3.05, 3.63) is 22.7 Å². The summed E-state index contributed by atoms with van der Waals surface area (Å²) in [5, 5.41) is 4.94. The highest BCUT2D eigenvalue weighted by Gasteiger charge is 2.26. The van der Waals surface area contributed by atoms with Gasteiger partial charge in [0.2, 0.25) is 5.91 Å². The van der Waals surface area contributed by atoms with Crippen LogP contribution in [0.4, 0.5) is 18.9 Å². The molecule has 2 N–H and O–H groups in total. The average molecular weight is 311 g/mol. The van der Waals surface area contributed by atoms with E-state index in [0.29, 0.717) is 22.0 Å². The third-order valence-electron chi connectivity index (χ3n) is 2.37. The maximum absolute atomic E-state index is 11.9. The van der Waals surface area contributed by atoms with Crippen LogP contribution in [0.5, 0.6) is 5.75 Å². The molecule has 112 valence electrons. The molecule has 1 aromatic rings. The van der Waals surface area contributed by atoms with Gasteiger partial charge in [-0.05, 0) is 18.6 Å². The van der Waals surface area contributed by atoms with Gasteiger partial charge in [-0.3, -0.25) is 4.79 Å². The first-order valence-electron chi connectivity index (χ1n) is 5.64. The van der Waals surface area contributed by atoms with Crippen LogP contribution >= 0.6 is 11.6 Å². The topological polar surface area (TPSA) is 50.4 Å². The van der Waals surface area contributed by atoms with E-state index >= 15 is 0 Å². The Hall–Kier alpha value is -1.47. The minimum atomic E-state index is -4.35. The molecule has 4 nitrogen and oxygen atoms in total. The molecule has 0 aliphatic heterocycles. The van der Waals surface area contributed by atoms with E-state index in [0.717, 1.165) is 0 Å². The molecule has 0 saturated carbocycles. The maximum Gasteiger partial charge on any atom is 0.401 e. The number of hydrogen-bond acceptors (Lipinski definition) is 3. The third kappa shape index (κ3) is 5.26. The number of nitrogens with one attached hydrogen (secondary N) is 2. The summed E-state index contributed by atoms with van der Waals surface area (Å²) in [4.78, 5) is 11.5. The summed E-state index contributed by atoms with van der Waals surface area (Å²) in [5.74, 6) is -0.265. The van der Waals surface area contributed by atoms with Crippen molar-refractivity contribution in [2.75, 3.05) is 25.5 Å². The standard InChI is InChI=1S/C12H14ClF3N2O2/c1-7-3-9(10(20-2)4-8(7)13)18-11(19)5-17-6-12(14,15)16/h3-4,17H,5-6H2,1-2H3,(H,18,19). The molecule has 0 aliphatic rings. The number of aryl methyl sites for hydroxylation is 1. The summed E-state index contributed by atoms with van der Waals surface area (Å²) in [6.45, 7) is 0.0564. The molecule has 0 fully saturated rings. The monoisotopic (exact) mass is 310 g/mol. The van der Waals surface area contributed by atoms with Gasteiger partial charge in [0.1, 0.15) is 5.75 Å². The van der Waals surface area contributed by atoms with E-state index in [1.807, 2.05) is 5.32 Å². The van der Waals surface area contributed by atoms with Crippen molar-refractivity contribution >= 4 is 23.2 Å².